The van der Waals surface area contributed by atoms with Crippen molar-refractivity contribution in [1.29, 1.82) is 0 Å². The molecule has 0 bridgehead atoms. The van der Waals surface area contributed by atoms with Crippen molar-refractivity contribution < 1.29 is 14.0 Å². The molecule has 0 saturated carbocycles. The SMILES string of the molecule is O=C(Cc1cccc(F)c1)Nc1ccc(NC(=O)c2cccnc2)cc1. The number of nitrogens with zero attached hydrogens (tertiary/aromatic N) is 1. The summed E-state index contributed by atoms with van der Waals surface area (Å²) >= 11 is 0. The lowest BCUT2D eigenvalue weighted by atomic mass is 10.1. The Morgan fingerprint density at radius 2 is 1.65 bits per heavy atom. The third-order valence-corrected chi connectivity index (χ3v) is 3.60. The lowest BCUT2D eigenvalue weighted by Gasteiger charge is -2.08. The van der Waals surface area contributed by atoms with E-state index in [0.29, 0.717) is 22.5 Å². The Kier molecular flexibility index (Phi) is 5.34. The molecule has 0 aliphatic carbocycles. The van der Waals surface area contributed by atoms with E-state index in [1.165, 1.54) is 18.3 Å². The van der Waals surface area contributed by atoms with Crippen LogP contribution < -0.4 is 10.6 Å². The smallest absolute Gasteiger partial charge is 0.257 e. The summed E-state index contributed by atoms with van der Waals surface area (Å²) in [6, 6.07) is 16.0. The molecule has 1 heterocycles. The van der Waals surface area contributed by atoms with Gasteiger partial charge in [0.25, 0.3) is 5.91 Å². The third-order valence-electron chi connectivity index (χ3n) is 3.60. The molecule has 6 heteroatoms. The first-order valence-corrected chi connectivity index (χ1v) is 7.96. The molecule has 26 heavy (non-hydrogen) atoms. The number of anilines is 2. The van der Waals surface area contributed by atoms with Crippen LogP contribution in [0.5, 0.6) is 0 Å². The highest BCUT2D eigenvalue weighted by atomic mass is 19.1. The maximum atomic E-state index is 13.1. The molecule has 0 aliphatic heterocycles. The third kappa shape index (κ3) is 4.73. The van der Waals surface area contributed by atoms with E-state index in [0.717, 1.165) is 0 Å². The van der Waals surface area contributed by atoms with Gasteiger partial charge in [0.2, 0.25) is 5.91 Å². The van der Waals surface area contributed by atoms with E-state index in [4.69, 9.17) is 0 Å². The van der Waals surface area contributed by atoms with Crippen LogP contribution in [0.3, 0.4) is 0 Å². The number of hydrogen-bond acceptors (Lipinski definition) is 3. The molecule has 0 atom stereocenters. The zero-order valence-corrected chi connectivity index (χ0v) is 13.8. The summed E-state index contributed by atoms with van der Waals surface area (Å²) < 4.78 is 13.1. The molecule has 0 radical (unpaired) electrons. The summed E-state index contributed by atoms with van der Waals surface area (Å²) in [5.41, 5.74) is 2.25. The van der Waals surface area contributed by atoms with Gasteiger partial charge >= 0.3 is 0 Å². The van der Waals surface area contributed by atoms with E-state index in [1.54, 1.807) is 54.7 Å². The fourth-order valence-electron chi connectivity index (χ4n) is 2.37. The van der Waals surface area contributed by atoms with Crippen molar-refractivity contribution >= 4 is 23.2 Å². The Morgan fingerprint density at radius 1 is 0.923 bits per heavy atom. The van der Waals surface area contributed by atoms with Gasteiger partial charge in [0.15, 0.2) is 0 Å². The largest absolute Gasteiger partial charge is 0.326 e. The molecule has 0 aliphatic rings. The molecular formula is C20H16FN3O2. The highest BCUT2D eigenvalue weighted by Crippen LogP contribution is 2.15. The fraction of sp³-hybridized carbons (Fsp3) is 0.0500. The molecule has 5 nitrogen and oxygen atoms in total. The Hall–Kier alpha value is -3.54. The number of nitrogens with one attached hydrogen (secondary N) is 2. The van der Waals surface area contributed by atoms with Gasteiger partial charge in [0.05, 0.1) is 12.0 Å². The molecule has 0 spiro atoms. The minimum absolute atomic E-state index is 0.0806. The van der Waals surface area contributed by atoms with Crippen LogP contribution in [0, 0.1) is 5.82 Å². The van der Waals surface area contributed by atoms with Crippen LogP contribution in [0.2, 0.25) is 0 Å². The topological polar surface area (TPSA) is 71.1 Å². The number of hydrogen-bond donors (Lipinski definition) is 2. The predicted octanol–water partition coefficient (Wildman–Crippen LogP) is 3.65. The van der Waals surface area contributed by atoms with E-state index in [-0.39, 0.29) is 24.1 Å². The molecule has 0 fully saturated rings. The molecule has 0 unspecified atom stereocenters. The molecule has 130 valence electrons. The Labute approximate surface area is 149 Å². The van der Waals surface area contributed by atoms with Gasteiger partial charge in [-0.15, -0.1) is 0 Å². The van der Waals surface area contributed by atoms with E-state index in [2.05, 4.69) is 15.6 Å². The number of benzene rings is 2. The monoisotopic (exact) mass is 349 g/mol. The van der Waals surface area contributed by atoms with Gasteiger partial charge < -0.3 is 10.6 Å². The molecule has 2 amide bonds. The van der Waals surface area contributed by atoms with Gasteiger partial charge in [0, 0.05) is 23.8 Å². The van der Waals surface area contributed by atoms with Crippen molar-refractivity contribution in [2.45, 2.75) is 6.42 Å². The lowest BCUT2D eigenvalue weighted by Crippen LogP contribution is -2.15. The zero-order chi connectivity index (χ0) is 18.4. The molecule has 3 aromatic rings. The second kappa shape index (κ2) is 8.02. The van der Waals surface area contributed by atoms with Gasteiger partial charge in [-0.2, -0.15) is 0 Å². The van der Waals surface area contributed by atoms with Gasteiger partial charge in [-0.1, -0.05) is 12.1 Å². The van der Waals surface area contributed by atoms with Crippen LogP contribution in [0.15, 0.2) is 73.1 Å². The highest BCUT2D eigenvalue weighted by molar-refractivity contribution is 6.04. The van der Waals surface area contributed by atoms with Crippen molar-refractivity contribution in [3.05, 3.63) is 90.0 Å². The molecule has 1 aromatic heterocycles. The van der Waals surface area contributed by atoms with Crippen LogP contribution in [0.1, 0.15) is 15.9 Å². The molecule has 2 aromatic carbocycles. The standard InChI is InChI=1S/C20H16FN3O2/c21-16-5-1-3-14(11-16)12-19(25)23-17-6-8-18(9-7-17)24-20(26)15-4-2-10-22-13-15/h1-11,13H,12H2,(H,23,25)(H,24,26). The number of rotatable bonds is 5. The Balaban J connectivity index is 1.57. The predicted molar refractivity (Wildman–Crippen MR) is 97.4 cm³/mol. The average Bonchev–Trinajstić information content (AvgIpc) is 2.64. The number of pyridine rings is 1. The second-order valence-electron chi connectivity index (χ2n) is 5.63. The summed E-state index contributed by atoms with van der Waals surface area (Å²) in [5.74, 6) is -0.882. The van der Waals surface area contributed by atoms with Gasteiger partial charge in [-0.25, -0.2) is 4.39 Å². The highest BCUT2D eigenvalue weighted by Gasteiger charge is 2.07. The Morgan fingerprint density at radius 3 is 2.31 bits per heavy atom. The first-order valence-electron chi connectivity index (χ1n) is 7.96. The maximum absolute atomic E-state index is 13.1. The van der Waals surface area contributed by atoms with Gasteiger partial charge in [0.1, 0.15) is 5.82 Å². The summed E-state index contributed by atoms with van der Waals surface area (Å²) in [7, 11) is 0. The second-order valence-corrected chi connectivity index (χ2v) is 5.63. The van der Waals surface area contributed by atoms with Crippen LogP contribution >= 0.6 is 0 Å². The lowest BCUT2D eigenvalue weighted by molar-refractivity contribution is -0.115. The molecule has 3 rings (SSSR count). The molecule has 2 N–H and O–H groups in total. The first-order chi connectivity index (χ1) is 12.6. The number of amides is 2. The number of carbonyl (C=O) groups excluding carboxylic acids is 2. The normalized spacial score (nSPS) is 10.2. The van der Waals surface area contributed by atoms with Gasteiger partial charge in [-0.3, -0.25) is 14.6 Å². The summed E-state index contributed by atoms with van der Waals surface area (Å²) in [4.78, 5) is 28.0. The van der Waals surface area contributed by atoms with Crippen molar-refractivity contribution in [2.75, 3.05) is 10.6 Å². The van der Waals surface area contributed by atoms with Gasteiger partial charge in [-0.05, 0) is 54.1 Å². The van der Waals surface area contributed by atoms with Crippen LogP contribution in [0.25, 0.3) is 0 Å². The molecule has 0 saturated heterocycles. The summed E-state index contributed by atoms with van der Waals surface area (Å²) in [6.45, 7) is 0. The summed E-state index contributed by atoms with van der Waals surface area (Å²) in [5, 5.41) is 5.49. The quantitative estimate of drug-likeness (QED) is 0.738. The van der Waals surface area contributed by atoms with Crippen LogP contribution in [-0.4, -0.2) is 16.8 Å². The van der Waals surface area contributed by atoms with Crippen LogP contribution in [-0.2, 0) is 11.2 Å². The van der Waals surface area contributed by atoms with E-state index in [9.17, 15) is 14.0 Å². The fourth-order valence-corrected chi connectivity index (χ4v) is 2.37. The first kappa shape index (κ1) is 17.3. The zero-order valence-electron chi connectivity index (χ0n) is 13.8. The van der Waals surface area contributed by atoms with Crippen LogP contribution in [0.4, 0.5) is 15.8 Å². The maximum Gasteiger partial charge on any atom is 0.257 e. The van der Waals surface area contributed by atoms with Crippen molar-refractivity contribution in [3.63, 3.8) is 0 Å². The van der Waals surface area contributed by atoms with Crippen molar-refractivity contribution in [1.82, 2.24) is 4.98 Å². The Bertz CT molecular complexity index is 912. The van der Waals surface area contributed by atoms with Crippen molar-refractivity contribution in [2.24, 2.45) is 0 Å². The van der Waals surface area contributed by atoms with E-state index in [1.807, 2.05) is 0 Å². The average molecular weight is 349 g/mol. The number of halogens is 1. The van der Waals surface area contributed by atoms with E-state index < -0.39 is 0 Å². The minimum Gasteiger partial charge on any atom is -0.326 e. The number of aromatic nitrogens is 1. The number of carbonyl (C=O) groups is 2. The molecular weight excluding hydrogens is 333 g/mol. The summed E-state index contributed by atoms with van der Waals surface area (Å²) in [6.07, 6.45) is 3.16. The van der Waals surface area contributed by atoms with E-state index >= 15 is 0 Å². The van der Waals surface area contributed by atoms with Crippen molar-refractivity contribution in [3.8, 4) is 0 Å². The minimum atomic E-state index is -0.371.